The molecule has 0 radical (unpaired) electrons. The van der Waals surface area contributed by atoms with Gasteiger partial charge < -0.3 is 15.1 Å². The largest absolute Gasteiger partial charge is 0.455 e. The Bertz CT molecular complexity index is 363. The number of rotatable bonds is 3. The molecular formula is C12H20N2O2. The first kappa shape index (κ1) is 12.8. The molecule has 0 aliphatic rings. The van der Waals surface area contributed by atoms with E-state index in [1.807, 2.05) is 0 Å². The first-order chi connectivity index (χ1) is 7.33. The Morgan fingerprint density at radius 3 is 2.50 bits per heavy atom. The van der Waals surface area contributed by atoms with Crippen LogP contribution in [-0.2, 0) is 6.54 Å². The summed E-state index contributed by atoms with van der Waals surface area (Å²) in [5.74, 6) is 0.884. The number of hydrogen-bond acceptors (Lipinski definition) is 3. The lowest BCUT2D eigenvalue weighted by Crippen LogP contribution is -2.34. The molecule has 0 spiro atoms. The maximum atomic E-state index is 11.9. The Morgan fingerprint density at radius 2 is 2.06 bits per heavy atom. The number of nitrogens with zero attached hydrogens (tertiary/aromatic N) is 1. The molecule has 1 amide bonds. The van der Waals surface area contributed by atoms with Crippen LogP contribution in [0.2, 0.25) is 0 Å². The van der Waals surface area contributed by atoms with Crippen molar-refractivity contribution in [3.63, 3.8) is 0 Å². The Kier molecular flexibility index (Phi) is 3.75. The summed E-state index contributed by atoms with van der Waals surface area (Å²) >= 11 is 0. The zero-order chi connectivity index (χ0) is 12.3. The predicted octanol–water partition coefficient (Wildman–Crippen LogP) is 1.86. The van der Waals surface area contributed by atoms with Gasteiger partial charge >= 0.3 is 0 Å². The standard InChI is InChI=1S/C12H20N2O2/c1-12(2,3)8-14(4)11(15)10-6-5-9(7-13)16-10/h5-6H,7-8,13H2,1-4H3. The van der Waals surface area contributed by atoms with Gasteiger partial charge in [0.05, 0.1) is 6.54 Å². The van der Waals surface area contributed by atoms with Crippen molar-refractivity contribution in [1.29, 1.82) is 0 Å². The van der Waals surface area contributed by atoms with Crippen LogP contribution in [-0.4, -0.2) is 24.4 Å². The molecule has 1 aromatic rings. The molecule has 1 aromatic heterocycles. The summed E-state index contributed by atoms with van der Waals surface area (Å²) in [6.45, 7) is 7.26. The quantitative estimate of drug-likeness (QED) is 0.852. The van der Waals surface area contributed by atoms with Gasteiger partial charge in [0, 0.05) is 13.6 Å². The van der Waals surface area contributed by atoms with E-state index in [2.05, 4.69) is 20.8 Å². The molecule has 4 heteroatoms. The van der Waals surface area contributed by atoms with Crippen molar-refractivity contribution in [2.45, 2.75) is 27.3 Å². The molecule has 4 nitrogen and oxygen atoms in total. The van der Waals surface area contributed by atoms with Crippen LogP contribution in [0.4, 0.5) is 0 Å². The molecule has 0 fully saturated rings. The van der Waals surface area contributed by atoms with Crippen LogP contribution in [0.1, 0.15) is 37.1 Å². The first-order valence-corrected chi connectivity index (χ1v) is 5.38. The normalized spacial score (nSPS) is 11.6. The summed E-state index contributed by atoms with van der Waals surface area (Å²) in [4.78, 5) is 13.6. The molecular weight excluding hydrogens is 204 g/mol. The lowest BCUT2D eigenvalue weighted by atomic mass is 9.96. The Labute approximate surface area is 96.4 Å². The van der Waals surface area contributed by atoms with E-state index in [9.17, 15) is 4.79 Å². The maximum absolute atomic E-state index is 11.9. The van der Waals surface area contributed by atoms with Crippen LogP contribution in [0.3, 0.4) is 0 Å². The monoisotopic (exact) mass is 224 g/mol. The van der Waals surface area contributed by atoms with Gasteiger partial charge in [0.2, 0.25) is 0 Å². The van der Waals surface area contributed by atoms with Crippen LogP contribution < -0.4 is 5.73 Å². The number of carbonyl (C=O) groups is 1. The molecule has 16 heavy (non-hydrogen) atoms. The van der Waals surface area contributed by atoms with E-state index in [1.165, 1.54) is 0 Å². The second-order valence-corrected chi connectivity index (χ2v) is 5.19. The average molecular weight is 224 g/mol. The Balaban J connectivity index is 2.70. The third kappa shape index (κ3) is 3.38. The summed E-state index contributed by atoms with van der Waals surface area (Å²) in [7, 11) is 1.78. The van der Waals surface area contributed by atoms with Crippen LogP contribution in [0.25, 0.3) is 0 Å². The van der Waals surface area contributed by atoms with Gasteiger partial charge in [-0.05, 0) is 17.5 Å². The fourth-order valence-electron chi connectivity index (χ4n) is 1.57. The van der Waals surface area contributed by atoms with Gasteiger partial charge in [0.25, 0.3) is 5.91 Å². The smallest absolute Gasteiger partial charge is 0.289 e. The summed E-state index contributed by atoms with van der Waals surface area (Å²) in [6, 6.07) is 3.40. The van der Waals surface area contributed by atoms with Crippen LogP contribution in [0.5, 0.6) is 0 Å². The molecule has 0 aliphatic carbocycles. The van der Waals surface area contributed by atoms with Crippen LogP contribution in [0.15, 0.2) is 16.5 Å². The molecule has 0 aliphatic heterocycles. The Hall–Kier alpha value is -1.29. The van der Waals surface area contributed by atoms with E-state index >= 15 is 0 Å². The fourth-order valence-corrected chi connectivity index (χ4v) is 1.57. The molecule has 0 saturated carbocycles. The average Bonchev–Trinajstić information content (AvgIpc) is 2.61. The second-order valence-electron chi connectivity index (χ2n) is 5.19. The van der Waals surface area contributed by atoms with Crippen molar-refractivity contribution >= 4 is 5.91 Å². The zero-order valence-electron chi connectivity index (χ0n) is 10.4. The lowest BCUT2D eigenvalue weighted by Gasteiger charge is -2.25. The van der Waals surface area contributed by atoms with Crippen molar-refractivity contribution in [3.05, 3.63) is 23.7 Å². The molecule has 90 valence electrons. The molecule has 1 heterocycles. The van der Waals surface area contributed by atoms with Crippen molar-refractivity contribution in [2.75, 3.05) is 13.6 Å². The molecule has 0 bridgehead atoms. The first-order valence-electron chi connectivity index (χ1n) is 5.38. The summed E-state index contributed by atoms with van der Waals surface area (Å²) < 4.78 is 5.31. The molecule has 0 aromatic carbocycles. The van der Waals surface area contributed by atoms with Gasteiger partial charge in [-0.3, -0.25) is 4.79 Å². The highest BCUT2D eigenvalue weighted by atomic mass is 16.4. The highest BCUT2D eigenvalue weighted by Gasteiger charge is 2.20. The van der Waals surface area contributed by atoms with Crippen LogP contribution in [0, 0.1) is 5.41 Å². The van der Waals surface area contributed by atoms with E-state index in [0.29, 0.717) is 24.6 Å². The zero-order valence-corrected chi connectivity index (χ0v) is 10.4. The van der Waals surface area contributed by atoms with Gasteiger partial charge in [0.15, 0.2) is 5.76 Å². The van der Waals surface area contributed by atoms with E-state index in [-0.39, 0.29) is 11.3 Å². The van der Waals surface area contributed by atoms with Crippen molar-refractivity contribution < 1.29 is 9.21 Å². The molecule has 0 saturated heterocycles. The number of nitrogens with two attached hydrogens (primary N) is 1. The highest BCUT2D eigenvalue weighted by Crippen LogP contribution is 2.16. The Morgan fingerprint density at radius 1 is 1.44 bits per heavy atom. The maximum Gasteiger partial charge on any atom is 0.289 e. The van der Waals surface area contributed by atoms with Crippen molar-refractivity contribution in [3.8, 4) is 0 Å². The van der Waals surface area contributed by atoms with E-state index in [0.717, 1.165) is 0 Å². The molecule has 2 N–H and O–H groups in total. The van der Waals surface area contributed by atoms with Gasteiger partial charge in [-0.1, -0.05) is 20.8 Å². The van der Waals surface area contributed by atoms with E-state index in [1.54, 1.807) is 24.1 Å². The highest BCUT2D eigenvalue weighted by molar-refractivity contribution is 5.91. The minimum absolute atomic E-state index is 0.0771. The van der Waals surface area contributed by atoms with Crippen molar-refractivity contribution in [2.24, 2.45) is 11.1 Å². The minimum Gasteiger partial charge on any atom is -0.455 e. The van der Waals surface area contributed by atoms with E-state index < -0.39 is 0 Å². The number of amides is 1. The molecule has 1 rings (SSSR count). The predicted molar refractivity (Wildman–Crippen MR) is 63.0 cm³/mol. The fraction of sp³-hybridized carbons (Fsp3) is 0.583. The van der Waals surface area contributed by atoms with Gasteiger partial charge in [-0.15, -0.1) is 0 Å². The topological polar surface area (TPSA) is 59.5 Å². The van der Waals surface area contributed by atoms with Crippen LogP contribution >= 0.6 is 0 Å². The van der Waals surface area contributed by atoms with Gasteiger partial charge in [-0.2, -0.15) is 0 Å². The van der Waals surface area contributed by atoms with Gasteiger partial charge in [0.1, 0.15) is 5.76 Å². The summed E-state index contributed by atoms with van der Waals surface area (Å²) in [6.07, 6.45) is 0. The second kappa shape index (κ2) is 4.70. The number of carbonyl (C=O) groups excluding carboxylic acids is 1. The SMILES string of the molecule is CN(CC(C)(C)C)C(=O)c1ccc(CN)o1. The summed E-state index contributed by atoms with van der Waals surface area (Å²) in [5.41, 5.74) is 5.50. The minimum atomic E-state index is -0.102. The molecule has 0 unspecified atom stereocenters. The lowest BCUT2D eigenvalue weighted by molar-refractivity contribution is 0.0712. The third-order valence-electron chi connectivity index (χ3n) is 2.13. The van der Waals surface area contributed by atoms with Crippen molar-refractivity contribution in [1.82, 2.24) is 4.90 Å². The van der Waals surface area contributed by atoms with E-state index in [4.69, 9.17) is 10.2 Å². The summed E-state index contributed by atoms with van der Waals surface area (Å²) in [5, 5.41) is 0. The third-order valence-corrected chi connectivity index (χ3v) is 2.13. The number of furan rings is 1. The number of hydrogen-bond donors (Lipinski definition) is 1. The molecule has 0 atom stereocenters. The van der Waals surface area contributed by atoms with Gasteiger partial charge in [-0.25, -0.2) is 0 Å².